The van der Waals surface area contributed by atoms with E-state index in [2.05, 4.69) is 17.1 Å². The van der Waals surface area contributed by atoms with Gasteiger partial charge in [0.1, 0.15) is 0 Å². The number of hydrogen-bond donors (Lipinski definition) is 1. The number of carbonyl (C=O) groups is 1. The molecular weight excluding hydrogens is 376 g/mol. The maximum Gasteiger partial charge on any atom is 0.254 e. The maximum absolute atomic E-state index is 13.3. The Bertz CT molecular complexity index is 1100. The minimum atomic E-state index is -0.151. The Hall–Kier alpha value is -2.92. The van der Waals surface area contributed by atoms with Crippen molar-refractivity contribution in [3.8, 4) is 0 Å². The molecular formula is C25H30N2O3. The average molecular weight is 407 g/mol. The van der Waals surface area contributed by atoms with Crippen LogP contribution in [0.2, 0.25) is 0 Å². The van der Waals surface area contributed by atoms with Gasteiger partial charge in [-0.15, -0.1) is 0 Å². The Morgan fingerprint density at radius 1 is 1.07 bits per heavy atom. The first-order valence-corrected chi connectivity index (χ1v) is 10.5. The lowest BCUT2D eigenvalue weighted by Crippen LogP contribution is -2.34. The highest BCUT2D eigenvalue weighted by molar-refractivity contribution is 5.95. The number of hydrogen-bond acceptors (Lipinski definition) is 3. The van der Waals surface area contributed by atoms with Gasteiger partial charge < -0.3 is 14.6 Å². The Balaban J connectivity index is 1.94. The summed E-state index contributed by atoms with van der Waals surface area (Å²) in [7, 11) is 0. The molecule has 1 N–H and O–H groups in total. The van der Waals surface area contributed by atoms with E-state index < -0.39 is 0 Å². The number of aromatic nitrogens is 1. The van der Waals surface area contributed by atoms with E-state index in [0.29, 0.717) is 30.9 Å². The molecule has 0 spiro atoms. The van der Waals surface area contributed by atoms with Gasteiger partial charge in [-0.2, -0.15) is 0 Å². The largest absolute Gasteiger partial charge is 0.382 e. The first-order chi connectivity index (χ1) is 14.4. The normalized spacial score (nSPS) is 11.1. The molecule has 0 aliphatic heterocycles. The molecule has 0 radical (unpaired) electrons. The molecule has 0 saturated heterocycles. The van der Waals surface area contributed by atoms with E-state index in [-0.39, 0.29) is 18.0 Å². The quantitative estimate of drug-likeness (QED) is 0.560. The van der Waals surface area contributed by atoms with Crippen molar-refractivity contribution < 1.29 is 9.53 Å². The van der Waals surface area contributed by atoms with Gasteiger partial charge >= 0.3 is 0 Å². The Labute approximate surface area is 177 Å². The van der Waals surface area contributed by atoms with Crippen LogP contribution in [0, 0.1) is 20.8 Å². The average Bonchev–Trinajstić information content (AvgIpc) is 2.71. The second-order valence-electron chi connectivity index (χ2n) is 7.76. The number of benzene rings is 2. The van der Waals surface area contributed by atoms with Crippen molar-refractivity contribution >= 4 is 16.8 Å². The van der Waals surface area contributed by atoms with Crippen LogP contribution in [0.15, 0.2) is 47.3 Å². The highest BCUT2D eigenvalue weighted by Gasteiger charge is 2.19. The number of nitrogens with zero attached hydrogens (tertiary/aromatic N) is 1. The lowest BCUT2D eigenvalue weighted by Gasteiger charge is -2.24. The number of carbonyl (C=O) groups excluding carboxylic acids is 1. The maximum atomic E-state index is 13.3. The summed E-state index contributed by atoms with van der Waals surface area (Å²) in [5.41, 5.74) is 5.06. The minimum absolute atomic E-state index is 0.0653. The van der Waals surface area contributed by atoms with Crippen LogP contribution >= 0.6 is 0 Å². The zero-order valence-electron chi connectivity index (χ0n) is 18.2. The summed E-state index contributed by atoms with van der Waals surface area (Å²) in [5.74, 6) is -0.0653. The number of fused-ring (bicyclic) bond motifs is 1. The zero-order valence-corrected chi connectivity index (χ0v) is 18.2. The fraction of sp³-hybridized carbons (Fsp3) is 0.360. The third-order valence-electron chi connectivity index (χ3n) is 5.32. The molecule has 0 fully saturated rings. The molecule has 30 heavy (non-hydrogen) atoms. The van der Waals surface area contributed by atoms with Gasteiger partial charge in [0, 0.05) is 30.9 Å². The number of amides is 1. The van der Waals surface area contributed by atoms with Crippen molar-refractivity contribution in [3.63, 3.8) is 0 Å². The van der Waals surface area contributed by atoms with Gasteiger partial charge in [-0.1, -0.05) is 29.8 Å². The highest BCUT2D eigenvalue weighted by atomic mass is 16.5. The van der Waals surface area contributed by atoms with Crippen molar-refractivity contribution in [3.05, 3.63) is 80.6 Å². The second-order valence-corrected chi connectivity index (χ2v) is 7.76. The molecule has 0 aliphatic rings. The summed E-state index contributed by atoms with van der Waals surface area (Å²) in [4.78, 5) is 30.8. The smallest absolute Gasteiger partial charge is 0.254 e. The molecule has 1 aromatic heterocycles. The van der Waals surface area contributed by atoms with Crippen LogP contribution in [0.3, 0.4) is 0 Å². The summed E-state index contributed by atoms with van der Waals surface area (Å²) in [6.07, 6.45) is 0.717. The van der Waals surface area contributed by atoms with E-state index >= 15 is 0 Å². The summed E-state index contributed by atoms with van der Waals surface area (Å²) in [6.45, 7) is 9.94. The number of nitrogens with one attached hydrogen (secondary N) is 1. The van der Waals surface area contributed by atoms with Crippen molar-refractivity contribution in [1.29, 1.82) is 0 Å². The molecule has 0 unspecified atom stereocenters. The molecule has 158 valence electrons. The molecule has 5 heteroatoms. The van der Waals surface area contributed by atoms with E-state index in [0.717, 1.165) is 34.0 Å². The Kier molecular flexibility index (Phi) is 7.06. The fourth-order valence-corrected chi connectivity index (χ4v) is 3.79. The number of ether oxygens (including phenoxy) is 1. The van der Waals surface area contributed by atoms with Crippen LogP contribution in [0.4, 0.5) is 0 Å². The second kappa shape index (κ2) is 9.72. The van der Waals surface area contributed by atoms with E-state index in [1.807, 2.05) is 58.0 Å². The Morgan fingerprint density at radius 3 is 2.57 bits per heavy atom. The first kappa shape index (κ1) is 21.8. The molecule has 0 saturated carbocycles. The van der Waals surface area contributed by atoms with Gasteiger partial charge in [-0.25, -0.2) is 0 Å². The molecule has 0 aliphatic carbocycles. The summed E-state index contributed by atoms with van der Waals surface area (Å²) < 4.78 is 5.45. The van der Waals surface area contributed by atoms with Crippen LogP contribution in [0.1, 0.15) is 46.0 Å². The fourth-order valence-electron chi connectivity index (χ4n) is 3.79. The van der Waals surface area contributed by atoms with Crippen LogP contribution in [0.5, 0.6) is 0 Å². The van der Waals surface area contributed by atoms with Gasteiger partial charge in [0.2, 0.25) is 0 Å². The number of rotatable bonds is 8. The standard InChI is InChI=1S/C25H30N2O3/c1-5-30-12-8-11-27(25(29)22-10-7-6-9-18(22)3)16-21-15-20-14-17(2)13-19(4)23(20)26-24(21)28/h6-7,9-10,13-15H,5,8,11-12,16H2,1-4H3,(H,26,28). The third-order valence-corrected chi connectivity index (χ3v) is 5.32. The summed E-state index contributed by atoms with van der Waals surface area (Å²) >= 11 is 0. The molecule has 3 rings (SSSR count). The van der Waals surface area contributed by atoms with Crippen molar-refractivity contribution in [1.82, 2.24) is 9.88 Å². The van der Waals surface area contributed by atoms with Crippen molar-refractivity contribution in [2.24, 2.45) is 0 Å². The van der Waals surface area contributed by atoms with Gasteiger partial charge in [-0.05, 0) is 68.8 Å². The zero-order chi connectivity index (χ0) is 21.7. The number of pyridine rings is 1. The molecule has 1 heterocycles. The lowest BCUT2D eigenvalue weighted by molar-refractivity contribution is 0.0710. The topological polar surface area (TPSA) is 62.4 Å². The molecule has 1 amide bonds. The molecule has 5 nitrogen and oxygen atoms in total. The van der Waals surface area contributed by atoms with E-state index in [4.69, 9.17) is 4.74 Å². The first-order valence-electron chi connectivity index (χ1n) is 10.5. The number of H-pyrrole nitrogens is 1. The third kappa shape index (κ3) is 4.97. The van der Waals surface area contributed by atoms with Gasteiger partial charge in [0.05, 0.1) is 12.1 Å². The molecule has 2 aromatic carbocycles. The highest BCUT2D eigenvalue weighted by Crippen LogP contribution is 2.19. The number of aromatic amines is 1. The SMILES string of the molecule is CCOCCCN(Cc1cc2cc(C)cc(C)c2[nH]c1=O)C(=O)c1ccccc1C. The predicted octanol–water partition coefficient (Wildman–Crippen LogP) is 4.52. The van der Waals surface area contributed by atoms with Crippen LogP contribution < -0.4 is 5.56 Å². The van der Waals surface area contributed by atoms with E-state index in [1.165, 1.54) is 0 Å². The molecule has 0 atom stereocenters. The summed E-state index contributed by atoms with van der Waals surface area (Å²) in [5, 5.41) is 0.986. The lowest BCUT2D eigenvalue weighted by atomic mass is 10.0. The van der Waals surface area contributed by atoms with E-state index in [1.54, 1.807) is 4.90 Å². The van der Waals surface area contributed by atoms with Gasteiger partial charge in [-0.3, -0.25) is 9.59 Å². The van der Waals surface area contributed by atoms with Gasteiger partial charge in [0.25, 0.3) is 11.5 Å². The van der Waals surface area contributed by atoms with Crippen molar-refractivity contribution in [2.75, 3.05) is 19.8 Å². The Morgan fingerprint density at radius 2 is 1.83 bits per heavy atom. The summed E-state index contributed by atoms with van der Waals surface area (Å²) in [6, 6.07) is 13.6. The molecule has 3 aromatic rings. The molecule has 0 bridgehead atoms. The van der Waals surface area contributed by atoms with Crippen molar-refractivity contribution in [2.45, 2.75) is 40.7 Å². The van der Waals surface area contributed by atoms with E-state index in [9.17, 15) is 9.59 Å². The monoisotopic (exact) mass is 406 g/mol. The number of aryl methyl sites for hydroxylation is 3. The van der Waals surface area contributed by atoms with Crippen LogP contribution in [0.25, 0.3) is 10.9 Å². The van der Waals surface area contributed by atoms with Crippen LogP contribution in [-0.4, -0.2) is 35.5 Å². The predicted molar refractivity (Wildman–Crippen MR) is 121 cm³/mol. The van der Waals surface area contributed by atoms with Crippen LogP contribution in [-0.2, 0) is 11.3 Å². The van der Waals surface area contributed by atoms with Gasteiger partial charge in [0.15, 0.2) is 0 Å². The minimum Gasteiger partial charge on any atom is -0.382 e.